The molecule has 2 heteroatoms. The number of nitrogens with zero attached hydrogens (tertiary/aromatic N) is 1. The van der Waals surface area contributed by atoms with Crippen LogP contribution < -0.4 is 16.0 Å². The van der Waals surface area contributed by atoms with Crippen LogP contribution in [0.5, 0.6) is 0 Å². The molecule has 240 valence electrons. The van der Waals surface area contributed by atoms with Crippen molar-refractivity contribution in [2.24, 2.45) is 0 Å². The average Bonchev–Trinajstić information content (AvgIpc) is 3.20. The zero-order valence-electron chi connectivity index (χ0n) is 28.0. The Kier molecular flexibility index (Phi) is 6.82. The zero-order chi connectivity index (χ0) is 33.9. The minimum Gasteiger partial charge on any atom is -0.276 e. The van der Waals surface area contributed by atoms with Crippen LogP contribution in [0.3, 0.4) is 0 Å². The first-order valence-electron chi connectivity index (χ1n) is 17.7. The van der Waals surface area contributed by atoms with Gasteiger partial charge in [-0.3, -0.25) is 9.36 Å². The second kappa shape index (κ2) is 11.8. The number of hydrogen-bond donors (Lipinski definition) is 0. The maximum absolute atomic E-state index is 14.6. The van der Waals surface area contributed by atoms with Crippen LogP contribution in [0.4, 0.5) is 0 Å². The van der Waals surface area contributed by atoms with Crippen LogP contribution in [0, 0.1) is 0 Å². The Morgan fingerprint density at radius 1 is 0.392 bits per heavy atom. The number of pyridine rings is 1. The van der Waals surface area contributed by atoms with Crippen molar-refractivity contribution in [3.63, 3.8) is 0 Å². The monoisotopic (exact) mass is 651 g/mol. The first-order valence-corrected chi connectivity index (χ1v) is 17.7. The van der Waals surface area contributed by atoms with E-state index in [2.05, 4.69) is 170 Å². The minimum absolute atomic E-state index is 0.0235. The Hall–Kier alpha value is -6.51. The number of fused-ring (bicyclic) bond motifs is 6. The maximum Gasteiger partial charge on any atom is 0.263 e. The molecule has 2 nitrogen and oxygen atoms in total. The summed E-state index contributed by atoms with van der Waals surface area (Å²) in [5, 5.41) is 10.1. The highest BCUT2D eigenvalue weighted by Crippen LogP contribution is 2.44. The van der Waals surface area contributed by atoms with Gasteiger partial charge in [-0.2, -0.15) is 0 Å². The Morgan fingerprint density at radius 3 is 1.65 bits per heavy atom. The molecule has 0 bridgehead atoms. The summed E-state index contributed by atoms with van der Waals surface area (Å²) in [4.78, 5) is 14.6. The summed E-state index contributed by atoms with van der Waals surface area (Å²) in [7, 11) is 0. The second-order valence-electron chi connectivity index (χ2n) is 13.5. The SMILES string of the molecule is O=c1c2c(c3ccccc3n1-c1cc(-c3ccc4ccccc4c3)cc(-c3c4ccccc4c(-c4ccccc4)c4ccccc34)c1)=CCCC=2. The topological polar surface area (TPSA) is 22.0 Å². The van der Waals surface area contributed by atoms with Gasteiger partial charge in [0.05, 0.1) is 11.2 Å². The van der Waals surface area contributed by atoms with Crippen molar-refractivity contribution in [2.75, 3.05) is 0 Å². The van der Waals surface area contributed by atoms with E-state index in [1.807, 2.05) is 10.6 Å². The summed E-state index contributed by atoms with van der Waals surface area (Å²) in [6.45, 7) is 0. The van der Waals surface area contributed by atoms with E-state index < -0.39 is 0 Å². The fraction of sp³-hybridized carbons (Fsp3) is 0.0408. The summed E-state index contributed by atoms with van der Waals surface area (Å²) in [6, 6.07) is 58.5. The fourth-order valence-corrected chi connectivity index (χ4v) is 8.29. The van der Waals surface area contributed by atoms with Crippen molar-refractivity contribution in [2.45, 2.75) is 12.8 Å². The molecular formula is C49H33NO. The van der Waals surface area contributed by atoms with Crippen molar-refractivity contribution in [1.29, 1.82) is 0 Å². The predicted octanol–water partition coefficient (Wildman–Crippen LogP) is 10.8. The van der Waals surface area contributed by atoms with Crippen LogP contribution in [0.15, 0.2) is 169 Å². The van der Waals surface area contributed by atoms with E-state index in [4.69, 9.17) is 0 Å². The van der Waals surface area contributed by atoms with Gasteiger partial charge in [-0.25, -0.2) is 0 Å². The molecule has 0 aliphatic heterocycles. The third-order valence-electron chi connectivity index (χ3n) is 10.6. The van der Waals surface area contributed by atoms with Crippen LogP contribution in [-0.2, 0) is 0 Å². The quantitative estimate of drug-likeness (QED) is 0.174. The third kappa shape index (κ3) is 4.75. The van der Waals surface area contributed by atoms with Crippen molar-refractivity contribution < 1.29 is 0 Å². The van der Waals surface area contributed by atoms with Gasteiger partial charge in [0.2, 0.25) is 0 Å². The van der Waals surface area contributed by atoms with E-state index in [1.54, 1.807) is 0 Å². The molecule has 9 aromatic rings. The lowest BCUT2D eigenvalue weighted by Crippen LogP contribution is -2.45. The highest BCUT2D eigenvalue weighted by Gasteiger charge is 2.19. The summed E-state index contributed by atoms with van der Waals surface area (Å²) in [5.74, 6) is 0. The second-order valence-corrected chi connectivity index (χ2v) is 13.5. The highest BCUT2D eigenvalue weighted by atomic mass is 16.1. The van der Waals surface area contributed by atoms with E-state index in [1.165, 1.54) is 49.0 Å². The van der Waals surface area contributed by atoms with Gasteiger partial charge >= 0.3 is 0 Å². The number of aromatic nitrogens is 1. The molecule has 8 aromatic carbocycles. The molecule has 10 rings (SSSR count). The Morgan fingerprint density at radius 2 is 0.941 bits per heavy atom. The summed E-state index contributed by atoms with van der Waals surface area (Å²) < 4.78 is 1.95. The normalized spacial score (nSPS) is 12.5. The van der Waals surface area contributed by atoms with E-state index in [0.717, 1.165) is 56.6 Å². The van der Waals surface area contributed by atoms with Crippen LogP contribution in [0.1, 0.15) is 12.8 Å². The highest BCUT2D eigenvalue weighted by molar-refractivity contribution is 6.21. The molecule has 0 spiro atoms. The first-order chi connectivity index (χ1) is 25.2. The maximum atomic E-state index is 14.6. The lowest BCUT2D eigenvalue weighted by molar-refractivity contribution is 1.01. The van der Waals surface area contributed by atoms with Gasteiger partial charge in [0.15, 0.2) is 0 Å². The lowest BCUT2D eigenvalue weighted by Gasteiger charge is -2.20. The molecule has 1 aliphatic rings. The number of para-hydroxylation sites is 1. The molecule has 0 unspecified atom stereocenters. The van der Waals surface area contributed by atoms with Gasteiger partial charge < -0.3 is 0 Å². The Balaban J connectivity index is 1.35. The van der Waals surface area contributed by atoms with Crippen molar-refractivity contribution in [3.8, 4) is 39.1 Å². The molecule has 0 N–H and O–H groups in total. The molecule has 0 radical (unpaired) electrons. The molecule has 1 aliphatic carbocycles. The summed E-state index contributed by atoms with van der Waals surface area (Å²) in [6.07, 6.45) is 6.17. The summed E-state index contributed by atoms with van der Waals surface area (Å²) >= 11 is 0. The fourth-order valence-electron chi connectivity index (χ4n) is 8.29. The van der Waals surface area contributed by atoms with Crippen LogP contribution in [-0.4, -0.2) is 4.57 Å². The van der Waals surface area contributed by atoms with Gasteiger partial charge in [0.25, 0.3) is 5.56 Å². The Bertz CT molecular complexity index is 2990. The van der Waals surface area contributed by atoms with E-state index in [-0.39, 0.29) is 5.56 Å². The van der Waals surface area contributed by atoms with Gasteiger partial charge in [0, 0.05) is 10.6 Å². The molecule has 0 fully saturated rings. The van der Waals surface area contributed by atoms with Gasteiger partial charge in [-0.15, -0.1) is 0 Å². The van der Waals surface area contributed by atoms with Crippen LogP contribution >= 0.6 is 0 Å². The molecule has 0 saturated heterocycles. The minimum atomic E-state index is 0.0235. The van der Waals surface area contributed by atoms with Crippen molar-refractivity contribution in [1.82, 2.24) is 4.57 Å². The van der Waals surface area contributed by atoms with Gasteiger partial charge in [0.1, 0.15) is 0 Å². The number of hydrogen-bond acceptors (Lipinski definition) is 1. The first kappa shape index (κ1) is 29.4. The van der Waals surface area contributed by atoms with Gasteiger partial charge in [-0.05, 0) is 114 Å². The van der Waals surface area contributed by atoms with Crippen LogP contribution in [0.25, 0.3) is 94.4 Å². The summed E-state index contributed by atoms with van der Waals surface area (Å²) in [5.41, 5.74) is 8.66. The standard InChI is InChI=1S/C49H33NO/c51-49-45-24-11-6-18-39(45)40-19-12-13-25-46(40)50(49)38-30-36(35-27-26-32-14-4-5-17-34(32)28-35)29-37(31-38)48-43-22-9-7-20-41(43)47(33-15-2-1-3-16-33)42-21-8-10-23-44(42)48/h1-5,7-10,12-31H,6,11H2. The van der Waals surface area contributed by atoms with Crippen LogP contribution in [0.2, 0.25) is 0 Å². The zero-order valence-corrected chi connectivity index (χ0v) is 28.0. The smallest absolute Gasteiger partial charge is 0.263 e. The van der Waals surface area contributed by atoms with Crippen molar-refractivity contribution >= 4 is 55.4 Å². The van der Waals surface area contributed by atoms with E-state index in [9.17, 15) is 4.79 Å². The van der Waals surface area contributed by atoms with E-state index >= 15 is 0 Å². The number of benzene rings is 8. The molecule has 51 heavy (non-hydrogen) atoms. The number of rotatable bonds is 4. The lowest BCUT2D eigenvalue weighted by atomic mass is 9.85. The van der Waals surface area contributed by atoms with Gasteiger partial charge in [-0.1, -0.05) is 146 Å². The molecule has 0 atom stereocenters. The average molecular weight is 652 g/mol. The molecule has 1 heterocycles. The van der Waals surface area contributed by atoms with E-state index in [0.29, 0.717) is 0 Å². The Labute approximate surface area is 295 Å². The third-order valence-corrected chi connectivity index (χ3v) is 10.6. The largest absolute Gasteiger partial charge is 0.276 e. The molecule has 0 amide bonds. The molecule has 0 saturated carbocycles. The molecule has 1 aromatic heterocycles. The molecular weight excluding hydrogens is 619 g/mol. The predicted molar refractivity (Wildman–Crippen MR) is 216 cm³/mol. The van der Waals surface area contributed by atoms with Crippen molar-refractivity contribution in [3.05, 3.63) is 185 Å².